The van der Waals surface area contributed by atoms with E-state index in [1.165, 1.54) is 5.56 Å². The van der Waals surface area contributed by atoms with Crippen molar-refractivity contribution in [3.05, 3.63) is 60.4 Å². The molecule has 8 bridgehead atoms. The zero-order valence-electron chi connectivity index (χ0n) is 21.8. The van der Waals surface area contributed by atoms with Gasteiger partial charge in [-0.05, 0) is 61.8 Å². The molecule has 5 heterocycles. The van der Waals surface area contributed by atoms with Gasteiger partial charge in [0.15, 0.2) is 0 Å². The number of rotatable bonds is 0. The van der Waals surface area contributed by atoms with Gasteiger partial charge in [-0.2, -0.15) is 0 Å². The Balaban J connectivity index is 1.39. The summed E-state index contributed by atoms with van der Waals surface area (Å²) in [5.41, 5.74) is 3.97. The van der Waals surface area contributed by atoms with Crippen LogP contribution in [0.3, 0.4) is 0 Å². The fraction of sp³-hybridized carbons (Fsp3) is 0.429. The fourth-order valence-electron chi connectivity index (χ4n) is 4.91. The van der Waals surface area contributed by atoms with Gasteiger partial charge in [0, 0.05) is 70.5 Å². The SMILES string of the molecule is CN1CCCN(C)c2ccc(cn2)-c2ccnc(n2)Nc2cccc(c2)CN2CCCN(CC2)CC1=O. The Hall–Kier alpha value is -3.56. The van der Waals surface area contributed by atoms with Crippen LogP contribution in [0.2, 0.25) is 0 Å². The maximum Gasteiger partial charge on any atom is 0.236 e. The van der Waals surface area contributed by atoms with E-state index in [0.717, 1.165) is 81.4 Å². The molecule has 3 aromatic rings. The normalized spacial score (nSPS) is 21.4. The highest BCUT2D eigenvalue weighted by atomic mass is 16.2. The molecule has 2 atom stereocenters. The molecule has 2 aromatic heterocycles. The second-order valence-electron chi connectivity index (χ2n) is 9.99. The molecule has 9 heteroatoms. The third-order valence-electron chi connectivity index (χ3n) is 7.13. The number of nitrogens with zero attached hydrogens (tertiary/aromatic N) is 7. The van der Waals surface area contributed by atoms with E-state index in [1.807, 2.05) is 49.5 Å². The van der Waals surface area contributed by atoms with Crippen LogP contribution >= 0.6 is 0 Å². The van der Waals surface area contributed by atoms with Gasteiger partial charge in [0.25, 0.3) is 0 Å². The van der Waals surface area contributed by atoms with Crippen molar-refractivity contribution >= 4 is 23.4 Å². The second-order valence-corrected chi connectivity index (χ2v) is 9.99. The number of hydrogen-bond acceptors (Lipinski definition) is 8. The molecule has 0 saturated carbocycles. The first-order valence-electron chi connectivity index (χ1n) is 13.1. The molecule has 1 aromatic carbocycles. The smallest absolute Gasteiger partial charge is 0.236 e. The zero-order chi connectivity index (χ0) is 25.6. The number of benzene rings is 1. The number of hydrogen-bond donors (Lipinski definition) is 1. The highest BCUT2D eigenvalue weighted by Crippen LogP contribution is 2.22. The summed E-state index contributed by atoms with van der Waals surface area (Å²) in [6, 6.07) is 14.4. The van der Waals surface area contributed by atoms with Crippen molar-refractivity contribution in [3.8, 4) is 11.3 Å². The monoisotopic (exact) mass is 500 g/mol. The number of pyridine rings is 1. The summed E-state index contributed by atoms with van der Waals surface area (Å²) in [6.45, 7) is 6.76. The summed E-state index contributed by atoms with van der Waals surface area (Å²) in [5.74, 6) is 1.65. The zero-order valence-corrected chi connectivity index (χ0v) is 21.8. The van der Waals surface area contributed by atoms with E-state index in [2.05, 4.69) is 48.2 Å². The number of aromatic nitrogens is 3. The van der Waals surface area contributed by atoms with Gasteiger partial charge in [-0.25, -0.2) is 15.0 Å². The molecular weight excluding hydrogens is 464 g/mol. The average molecular weight is 501 g/mol. The third kappa shape index (κ3) is 6.61. The van der Waals surface area contributed by atoms with Gasteiger partial charge in [0.2, 0.25) is 11.9 Å². The largest absolute Gasteiger partial charge is 0.360 e. The molecule has 1 saturated heterocycles. The topological polar surface area (TPSA) is 80.7 Å². The van der Waals surface area contributed by atoms with Gasteiger partial charge in [-0.3, -0.25) is 14.6 Å². The number of amides is 1. The van der Waals surface area contributed by atoms with Crippen LogP contribution in [0.15, 0.2) is 54.9 Å². The van der Waals surface area contributed by atoms with Crippen molar-refractivity contribution in [2.75, 3.05) is 70.1 Å². The summed E-state index contributed by atoms with van der Waals surface area (Å²) in [7, 11) is 3.95. The standard InChI is InChI=1S/C28H36N8O/c1-33-12-4-13-34(2)27(37)21-36-15-5-14-35(16-17-36)20-22-6-3-7-24(18-22)31-28-29-11-10-25(32-28)23-8-9-26(33)30-19-23/h3,6-11,18-19H,4-5,12-17,20-21H2,1-2H3,(H,29,31,32). The Morgan fingerprint density at radius 2 is 1.59 bits per heavy atom. The molecule has 2 unspecified atom stereocenters. The number of fused-ring (bicyclic) bond motifs is 8. The highest BCUT2D eigenvalue weighted by molar-refractivity contribution is 5.78. The van der Waals surface area contributed by atoms with E-state index >= 15 is 0 Å². The highest BCUT2D eigenvalue weighted by Gasteiger charge is 2.19. The van der Waals surface area contributed by atoms with Crippen LogP contribution in [-0.4, -0.2) is 95.5 Å². The lowest BCUT2D eigenvalue weighted by Gasteiger charge is -2.25. The molecule has 3 aliphatic rings. The predicted octanol–water partition coefficient (Wildman–Crippen LogP) is 3.09. The molecule has 1 fully saturated rings. The first kappa shape index (κ1) is 25.1. The Morgan fingerprint density at radius 1 is 0.811 bits per heavy atom. The molecule has 9 nitrogen and oxygen atoms in total. The number of carbonyl (C=O) groups excluding carboxylic acids is 1. The Labute approximate surface area is 219 Å². The van der Waals surface area contributed by atoms with Crippen LogP contribution in [-0.2, 0) is 11.3 Å². The molecule has 1 N–H and O–H groups in total. The van der Waals surface area contributed by atoms with E-state index in [0.29, 0.717) is 12.5 Å². The maximum atomic E-state index is 12.9. The molecular formula is C28H36N8O. The van der Waals surface area contributed by atoms with Crippen LogP contribution in [0.1, 0.15) is 18.4 Å². The predicted molar refractivity (Wildman–Crippen MR) is 147 cm³/mol. The lowest BCUT2D eigenvalue weighted by Crippen LogP contribution is -2.41. The Bertz CT molecular complexity index is 1200. The van der Waals surface area contributed by atoms with Crippen molar-refractivity contribution in [1.29, 1.82) is 0 Å². The van der Waals surface area contributed by atoms with Crippen molar-refractivity contribution in [2.45, 2.75) is 19.4 Å². The maximum absolute atomic E-state index is 12.9. The minimum atomic E-state index is 0.193. The van der Waals surface area contributed by atoms with Gasteiger partial charge in [-0.1, -0.05) is 12.1 Å². The van der Waals surface area contributed by atoms with Gasteiger partial charge in [0.05, 0.1) is 12.2 Å². The van der Waals surface area contributed by atoms with Gasteiger partial charge in [0.1, 0.15) is 5.82 Å². The minimum Gasteiger partial charge on any atom is -0.360 e. The van der Waals surface area contributed by atoms with E-state index < -0.39 is 0 Å². The fourth-order valence-corrected chi connectivity index (χ4v) is 4.91. The second kappa shape index (κ2) is 11.7. The van der Waals surface area contributed by atoms with Crippen LogP contribution in [0.4, 0.5) is 17.5 Å². The Kier molecular flexibility index (Phi) is 7.91. The van der Waals surface area contributed by atoms with Gasteiger partial charge in [-0.15, -0.1) is 0 Å². The van der Waals surface area contributed by atoms with Crippen molar-refractivity contribution in [2.24, 2.45) is 0 Å². The van der Waals surface area contributed by atoms with Crippen LogP contribution in [0, 0.1) is 0 Å². The molecule has 1 amide bonds. The number of nitrogens with one attached hydrogen (secondary N) is 1. The molecule has 194 valence electrons. The average Bonchev–Trinajstić information content (AvgIpc) is 3.13. The summed E-state index contributed by atoms with van der Waals surface area (Å²) in [4.78, 5) is 35.5. The summed E-state index contributed by atoms with van der Waals surface area (Å²) >= 11 is 0. The summed E-state index contributed by atoms with van der Waals surface area (Å²) in [6.07, 6.45) is 5.57. The van der Waals surface area contributed by atoms with Crippen LogP contribution < -0.4 is 10.2 Å². The third-order valence-corrected chi connectivity index (χ3v) is 7.13. The van der Waals surface area contributed by atoms with Crippen LogP contribution in [0.5, 0.6) is 0 Å². The molecule has 0 aliphatic carbocycles. The summed E-state index contributed by atoms with van der Waals surface area (Å²) < 4.78 is 0. The molecule has 3 aliphatic heterocycles. The van der Waals surface area contributed by atoms with Crippen molar-refractivity contribution in [3.63, 3.8) is 0 Å². The van der Waals surface area contributed by atoms with E-state index in [9.17, 15) is 4.79 Å². The number of likely N-dealkylation sites (N-methyl/N-ethyl adjacent to an activating group) is 1. The first-order valence-corrected chi connectivity index (χ1v) is 13.1. The molecule has 6 rings (SSSR count). The Morgan fingerprint density at radius 3 is 2.41 bits per heavy atom. The number of carbonyl (C=O) groups is 1. The van der Waals surface area contributed by atoms with Crippen molar-refractivity contribution < 1.29 is 4.79 Å². The van der Waals surface area contributed by atoms with Crippen molar-refractivity contribution in [1.82, 2.24) is 29.7 Å². The van der Waals surface area contributed by atoms with Gasteiger partial charge >= 0.3 is 0 Å². The van der Waals surface area contributed by atoms with Gasteiger partial charge < -0.3 is 15.1 Å². The lowest BCUT2D eigenvalue weighted by molar-refractivity contribution is -0.131. The van der Waals surface area contributed by atoms with Crippen LogP contribution in [0.25, 0.3) is 11.3 Å². The molecule has 0 radical (unpaired) electrons. The molecule has 37 heavy (non-hydrogen) atoms. The number of anilines is 3. The van der Waals surface area contributed by atoms with E-state index in [4.69, 9.17) is 4.98 Å². The molecule has 0 spiro atoms. The lowest BCUT2D eigenvalue weighted by atomic mass is 10.2. The van der Waals surface area contributed by atoms with E-state index in [-0.39, 0.29) is 5.91 Å². The quantitative estimate of drug-likeness (QED) is 0.505. The minimum absolute atomic E-state index is 0.193. The first-order chi connectivity index (χ1) is 18.0. The van der Waals surface area contributed by atoms with E-state index in [1.54, 1.807) is 6.20 Å². The summed E-state index contributed by atoms with van der Waals surface area (Å²) in [5, 5.41) is 3.37.